The zero-order chi connectivity index (χ0) is 13.2. The largest absolute Gasteiger partial charge is 0.444 e. The van der Waals surface area contributed by atoms with E-state index in [-0.39, 0.29) is 6.04 Å². The summed E-state index contributed by atoms with van der Waals surface area (Å²) in [4.78, 5) is 11.6. The number of aryl methyl sites for hydroxylation is 1. The van der Waals surface area contributed by atoms with Gasteiger partial charge in [0.25, 0.3) is 0 Å². The van der Waals surface area contributed by atoms with Crippen LogP contribution in [0.2, 0.25) is 0 Å². The minimum absolute atomic E-state index is 0.237. The predicted octanol–water partition coefficient (Wildman–Crippen LogP) is 1.59. The average molecular weight is 240 g/mol. The molecule has 0 spiro atoms. The summed E-state index contributed by atoms with van der Waals surface area (Å²) in [5.41, 5.74) is 6.08. The number of anilines is 1. The normalized spacial score (nSPS) is 13.2. The van der Waals surface area contributed by atoms with E-state index in [2.05, 4.69) is 10.4 Å². The van der Waals surface area contributed by atoms with E-state index in [0.717, 1.165) is 5.56 Å². The molecule has 0 aliphatic carbocycles. The van der Waals surface area contributed by atoms with Crippen molar-refractivity contribution in [1.29, 1.82) is 0 Å². The Morgan fingerprint density at radius 1 is 1.59 bits per heavy atom. The van der Waals surface area contributed by atoms with Crippen LogP contribution in [0.5, 0.6) is 0 Å². The van der Waals surface area contributed by atoms with Gasteiger partial charge in [0.15, 0.2) is 0 Å². The molecule has 1 amide bonds. The highest BCUT2D eigenvalue weighted by molar-refractivity contribution is 5.68. The monoisotopic (exact) mass is 240 g/mol. The lowest BCUT2D eigenvalue weighted by atomic mass is 10.2. The molecule has 0 unspecified atom stereocenters. The smallest absolute Gasteiger partial charge is 0.408 e. The average Bonchev–Trinajstić information content (AvgIpc) is 2.44. The van der Waals surface area contributed by atoms with Crippen molar-refractivity contribution in [2.24, 2.45) is 7.05 Å². The zero-order valence-corrected chi connectivity index (χ0v) is 10.9. The standard InChI is InChI=1S/C11H20N4O2/c1-7(8-6-13-15(5)9(8)12)14-10(16)17-11(2,3)4/h6-7H,12H2,1-5H3,(H,14,16)/t7-/m0/s1. The predicted molar refractivity (Wildman–Crippen MR) is 65.4 cm³/mol. The van der Waals surface area contributed by atoms with E-state index in [1.165, 1.54) is 0 Å². The van der Waals surface area contributed by atoms with Gasteiger partial charge in [-0.2, -0.15) is 5.10 Å². The molecule has 17 heavy (non-hydrogen) atoms. The minimum atomic E-state index is -0.510. The second-order valence-corrected chi connectivity index (χ2v) is 4.98. The fraction of sp³-hybridized carbons (Fsp3) is 0.636. The van der Waals surface area contributed by atoms with Gasteiger partial charge in [-0.05, 0) is 27.7 Å². The van der Waals surface area contributed by atoms with Crippen molar-refractivity contribution in [1.82, 2.24) is 15.1 Å². The molecule has 1 aromatic heterocycles. The first-order valence-electron chi connectivity index (χ1n) is 5.47. The summed E-state index contributed by atoms with van der Waals surface area (Å²) in [6.45, 7) is 7.28. The van der Waals surface area contributed by atoms with E-state index in [4.69, 9.17) is 10.5 Å². The van der Waals surface area contributed by atoms with Crippen LogP contribution in [0.4, 0.5) is 10.6 Å². The van der Waals surface area contributed by atoms with Gasteiger partial charge in [0.1, 0.15) is 11.4 Å². The summed E-state index contributed by atoms with van der Waals surface area (Å²) in [6.07, 6.45) is 1.17. The van der Waals surface area contributed by atoms with E-state index in [9.17, 15) is 4.79 Å². The Morgan fingerprint density at radius 2 is 2.18 bits per heavy atom. The second-order valence-electron chi connectivity index (χ2n) is 4.98. The number of amides is 1. The molecule has 0 bridgehead atoms. The van der Waals surface area contributed by atoms with Gasteiger partial charge in [0, 0.05) is 12.6 Å². The summed E-state index contributed by atoms with van der Waals surface area (Å²) < 4.78 is 6.72. The van der Waals surface area contributed by atoms with Crippen molar-refractivity contribution < 1.29 is 9.53 Å². The van der Waals surface area contributed by atoms with E-state index in [1.54, 1.807) is 17.9 Å². The number of alkyl carbamates (subject to hydrolysis) is 1. The number of carbonyl (C=O) groups is 1. The number of aromatic nitrogens is 2. The molecule has 6 nitrogen and oxygen atoms in total. The van der Waals surface area contributed by atoms with Crippen LogP contribution in [0.15, 0.2) is 6.20 Å². The first-order valence-corrected chi connectivity index (χ1v) is 5.47. The minimum Gasteiger partial charge on any atom is -0.444 e. The number of rotatable bonds is 2. The van der Waals surface area contributed by atoms with E-state index < -0.39 is 11.7 Å². The number of hydrogen-bond acceptors (Lipinski definition) is 4. The highest BCUT2D eigenvalue weighted by Crippen LogP contribution is 2.19. The number of ether oxygens (including phenoxy) is 1. The first kappa shape index (κ1) is 13.3. The Hall–Kier alpha value is -1.72. The van der Waals surface area contributed by atoms with Gasteiger partial charge >= 0.3 is 6.09 Å². The van der Waals surface area contributed by atoms with E-state index >= 15 is 0 Å². The van der Waals surface area contributed by atoms with Crippen LogP contribution in [0.1, 0.15) is 39.3 Å². The molecule has 0 aliphatic heterocycles. The van der Waals surface area contributed by atoms with Gasteiger partial charge in [0.05, 0.1) is 12.2 Å². The Morgan fingerprint density at radius 3 is 2.59 bits per heavy atom. The van der Waals surface area contributed by atoms with Crippen LogP contribution in [0, 0.1) is 0 Å². The fourth-order valence-electron chi connectivity index (χ4n) is 1.36. The fourth-order valence-corrected chi connectivity index (χ4v) is 1.36. The second kappa shape index (κ2) is 4.65. The van der Waals surface area contributed by atoms with Crippen LogP contribution in [0.25, 0.3) is 0 Å². The molecule has 0 saturated carbocycles. The maximum atomic E-state index is 11.6. The molecule has 1 atom stereocenters. The number of nitrogen functional groups attached to an aromatic ring is 1. The summed E-state index contributed by atoms with van der Waals surface area (Å²) in [5.74, 6) is 0.536. The summed E-state index contributed by atoms with van der Waals surface area (Å²) in [6, 6.07) is -0.237. The summed E-state index contributed by atoms with van der Waals surface area (Å²) in [5, 5.41) is 6.73. The Balaban J connectivity index is 2.64. The van der Waals surface area contributed by atoms with Gasteiger partial charge in [-0.3, -0.25) is 4.68 Å². The van der Waals surface area contributed by atoms with Crippen molar-refractivity contribution in [3.05, 3.63) is 11.8 Å². The lowest BCUT2D eigenvalue weighted by Crippen LogP contribution is -2.34. The Labute approximate surface area is 101 Å². The van der Waals surface area contributed by atoms with Crippen molar-refractivity contribution in [2.45, 2.75) is 39.3 Å². The molecule has 3 N–H and O–H groups in total. The number of nitrogens with two attached hydrogens (primary N) is 1. The molecule has 0 radical (unpaired) electrons. The first-order chi connectivity index (χ1) is 7.70. The number of nitrogens with zero attached hydrogens (tertiary/aromatic N) is 2. The third-order valence-electron chi connectivity index (χ3n) is 2.21. The van der Waals surface area contributed by atoms with E-state index in [0.29, 0.717) is 5.82 Å². The molecule has 0 saturated heterocycles. The van der Waals surface area contributed by atoms with Gasteiger partial charge in [-0.15, -0.1) is 0 Å². The SMILES string of the molecule is C[C@H](NC(=O)OC(C)(C)C)c1cnn(C)c1N. The maximum Gasteiger partial charge on any atom is 0.408 e. The van der Waals surface area contributed by atoms with Crippen LogP contribution in [0.3, 0.4) is 0 Å². The molecular formula is C11H20N4O2. The van der Waals surface area contributed by atoms with Gasteiger partial charge < -0.3 is 15.8 Å². The third-order valence-corrected chi connectivity index (χ3v) is 2.21. The molecule has 6 heteroatoms. The van der Waals surface area contributed by atoms with Crippen LogP contribution in [-0.4, -0.2) is 21.5 Å². The summed E-state index contributed by atoms with van der Waals surface area (Å²) >= 11 is 0. The highest BCUT2D eigenvalue weighted by Gasteiger charge is 2.20. The maximum absolute atomic E-state index is 11.6. The Bertz CT molecular complexity index is 406. The molecule has 96 valence electrons. The Kier molecular flexibility index (Phi) is 3.65. The van der Waals surface area contributed by atoms with Crippen molar-refractivity contribution in [2.75, 3.05) is 5.73 Å². The van der Waals surface area contributed by atoms with Crippen LogP contribution in [-0.2, 0) is 11.8 Å². The topological polar surface area (TPSA) is 82.2 Å². The molecule has 1 aromatic rings. The van der Waals surface area contributed by atoms with Gasteiger partial charge in [-0.25, -0.2) is 4.79 Å². The van der Waals surface area contributed by atoms with Crippen molar-refractivity contribution >= 4 is 11.9 Å². The molecule has 0 aliphatic rings. The molecule has 0 fully saturated rings. The number of nitrogens with one attached hydrogen (secondary N) is 1. The molecule has 1 heterocycles. The van der Waals surface area contributed by atoms with Crippen molar-refractivity contribution in [3.63, 3.8) is 0 Å². The molecule has 0 aromatic carbocycles. The lowest BCUT2D eigenvalue weighted by molar-refractivity contribution is 0.0508. The van der Waals surface area contributed by atoms with Gasteiger partial charge in [-0.1, -0.05) is 0 Å². The highest BCUT2D eigenvalue weighted by atomic mass is 16.6. The lowest BCUT2D eigenvalue weighted by Gasteiger charge is -2.21. The van der Waals surface area contributed by atoms with Crippen LogP contribution < -0.4 is 11.1 Å². The number of carbonyl (C=O) groups excluding carboxylic acids is 1. The van der Waals surface area contributed by atoms with Crippen LogP contribution >= 0.6 is 0 Å². The quantitative estimate of drug-likeness (QED) is 0.822. The molecular weight excluding hydrogens is 220 g/mol. The van der Waals surface area contributed by atoms with Crippen molar-refractivity contribution in [3.8, 4) is 0 Å². The van der Waals surface area contributed by atoms with Gasteiger partial charge in [0.2, 0.25) is 0 Å². The third kappa shape index (κ3) is 3.65. The summed E-state index contributed by atoms with van der Waals surface area (Å²) in [7, 11) is 1.75. The zero-order valence-electron chi connectivity index (χ0n) is 10.9. The molecule has 1 rings (SSSR count). The van der Waals surface area contributed by atoms with E-state index in [1.807, 2.05) is 27.7 Å². The number of hydrogen-bond donors (Lipinski definition) is 2.